The normalized spacial score (nSPS) is 12.5. The van der Waals surface area contributed by atoms with Gasteiger partial charge in [-0.2, -0.15) is 0 Å². The second kappa shape index (κ2) is 5.28. The van der Waals surface area contributed by atoms with E-state index in [2.05, 4.69) is 25.5 Å². The Balaban J connectivity index is 3.01. The zero-order chi connectivity index (χ0) is 14.0. The number of hydrogen-bond acceptors (Lipinski definition) is 3. The lowest BCUT2D eigenvalue weighted by molar-refractivity contribution is 0.590. The van der Waals surface area contributed by atoms with Crippen LogP contribution < -0.4 is 10.5 Å². The van der Waals surface area contributed by atoms with Crippen LogP contribution >= 0.6 is 0 Å². The van der Waals surface area contributed by atoms with Gasteiger partial charge in [-0.25, -0.2) is 8.42 Å². The van der Waals surface area contributed by atoms with Gasteiger partial charge in [0.2, 0.25) is 10.0 Å². The van der Waals surface area contributed by atoms with E-state index in [0.29, 0.717) is 5.69 Å². The average molecular weight is 270 g/mol. The summed E-state index contributed by atoms with van der Waals surface area (Å²) in [4.78, 5) is 0. The molecular weight excluding hydrogens is 248 g/mol. The van der Waals surface area contributed by atoms with Crippen LogP contribution in [0.3, 0.4) is 0 Å². The van der Waals surface area contributed by atoms with E-state index >= 15 is 0 Å². The van der Waals surface area contributed by atoms with Gasteiger partial charge in [0.25, 0.3) is 0 Å². The van der Waals surface area contributed by atoms with Crippen LogP contribution in [0, 0.1) is 6.92 Å². The fourth-order valence-electron chi connectivity index (χ4n) is 1.62. The van der Waals surface area contributed by atoms with Crippen LogP contribution in [0.1, 0.15) is 31.9 Å². The van der Waals surface area contributed by atoms with Crippen molar-refractivity contribution in [3.63, 3.8) is 0 Å². The van der Waals surface area contributed by atoms with E-state index in [1.54, 1.807) is 0 Å². The Hall–Kier alpha value is -1.07. The van der Waals surface area contributed by atoms with Gasteiger partial charge in [-0.3, -0.25) is 4.72 Å². The van der Waals surface area contributed by atoms with E-state index in [9.17, 15) is 8.42 Å². The van der Waals surface area contributed by atoms with Crippen molar-refractivity contribution in [1.29, 1.82) is 0 Å². The van der Waals surface area contributed by atoms with Gasteiger partial charge in [0.1, 0.15) is 0 Å². The number of hydrogen-bond donors (Lipinski definition) is 2. The molecule has 0 saturated carbocycles. The van der Waals surface area contributed by atoms with E-state index in [0.717, 1.165) is 5.56 Å². The van der Waals surface area contributed by atoms with Gasteiger partial charge in [-0.1, -0.05) is 32.9 Å². The molecular formula is C13H22N2O2S. The zero-order valence-electron chi connectivity index (χ0n) is 11.4. The number of anilines is 1. The highest BCUT2D eigenvalue weighted by Crippen LogP contribution is 2.26. The molecule has 0 saturated heterocycles. The number of nitrogens with two attached hydrogens (primary N) is 1. The Morgan fingerprint density at radius 3 is 2.33 bits per heavy atom. The number of rotatable bonds is 4. The molecule has 0 amide bonds. The van der Waals surface area contributed by atoms with Crippen molar-refractivity contribution in [2.24, 2.45) is 5.73 Å². The third kappa shape index (κ3) is 3.99. The third-order valence-corrected chi connectivity index (χ3v) is 4.05. The van der Waals surface area contributed by atoms with Gasteiger partial charge in [-0.05, 0) is 29.5 Å². The maximum atomic E-state index is 11.6. The SMILES string of the molecule is Cc1cc(C(C)(C)C)ccc1NS(=O)(=O)CCN. The second-order valence-electron chi connectivity index (χ2n) is 5.49. The molecule has 18 heavy (non-hydrogen) atoms. The number of aryl methyl sites for hydroxylation is 1. The number of benzene rings is 1. The van der Waals surface area contributed by atoms with E-state index in [1.807, 2.05) is 25.1 Å². The van der Waals surface area contributed by atoms with E-state index in [4.69, 9.17) is 5.73 Å². The van der Waals surface area contributed by atoms with Crippen molar-refractivity contribution in [2.45, 2.75) is 33.1 Å². The summed E-state index contributed by atoms with van der Waals surface area (Å²) in [6.07, 6.45) is 0. The smallest absolute Gasteiger partial charge is 0.233 e. The minimum Gasteiger partial charge on any atom is -0.329 e. The molecule has 0 aliphatic carbocycles. The monoisotopic (exact) mass is 270 g/mol. The Morgan fingerprint density at radius 2 is 1.89 bits per heavy atom. The molecule has 0 unspecified atom stereocenters. The Labute approximate surface area is 110 Å². The summed E-state index contributed by atoms with van der Waals surface area (Å²) in [5.41, 5.74) is 8.05. The summed E-state index contributed by atoms with van der Waals surface area (Å²) >= 11 is 0. The van der Waals surface area contributed by atoms with Crippen LogP contribution in [0.2, 0.25) is 0 Å². The maximum absolute atomic E-state index is 11.6. The molecule has 4 nitrogen and oxygen atoms in total. The highest BCUT2D eigenvalue weighted by atomic mass is 32.2. The van der Waals surface area contributed by atoms with Gasteiger partial charge in [0.05, 0.1) is 11.4 Å². The van der Waals surface area contributed by atoms with Crippen LogP contribution in [0.15, 0.2) is 18.2 Å². The summed E-state index contributed by atoms with van der Waals surface area (Å²) < 4.78 is 25.8. The summed E-state index contributed by atoms with van der Waals surface area (Å²) in [7, 11) is -3.33. The quantitative estimate of drug-likeness (QED) is 0.879. The number of sulfonamides is 1. The van der Waals surface area contributed by atoms with Crippen molar-refractivity contribution in [3.8, 4) is 0 Å². The van der Waals surface area contributed by atoms with E-state index in [-0.39, 0.29) is 17.7 Å². The largest absolute Gasteiger partial charge is 0.329 e. The first-order valence-electron chi connectivity index (χ1n) is 5.97. The highest BCUT2D eigenvalue weighted by Gasteiger charge is 2.16. The van der Waals surface area contributed by atoms with Gasteiger partial charge in [0, 0.05) is 6.54 Å². The fraction of sp³-hybridized carbons (Fsp3) is 0.538. The van der Waals surface area contributed by atoms with Crippen LogP contribution in [-0.2, 0) is 15.4 Å². The van der Waals surface area contributed by atoms with Crippen molar-refractivity contribution in [2.75, 3.05) is 17.0 Å². The fourth-order valence-corrected chi connectivity index (χ4v) is 2.59. The van der Waals surface area contributed by atoms with Crippen molar-refractivity contribution in [3.05, 3.63) is 29.3 Å². The summed E-state index contributed by atoms with van der Waals surface area (Å²) in [5, 5.41) is 0. The molecule has 102 valence electrons. The maximum Gasteiger partial charge on any atom is 0.233 e. The molecule has 0 fully saturated rings. The Morgan fingerprint density at radius 1 is 1.28 bits per heavy atom. The lowest BCUT2D eigenvalue weighted by atomic mass is 9.86. The molecule has 0 aliphatic rings. The van der Waals surface area contributed by atoms with Gasteiger partial charge in [0.15, 0.2) is 0 Å². The molecule has 1 aromatic carbocycles. The van der Waals surface area contributed by atoms with Crippen molar-refractivity contribution < 1.29 is 8.42 Å². The predicted molar refractivity (Wildman–Crippen MR) is 76.3 cm³/mol. The summed E-state index contributed by atoms with van der Waals surface area (Å²) in [6, 6.07) is 5.78. The third-order valence-electron chi connectivity index (χ3n) is 2.74. The Kier molecular flexibility index (Phi) is 4.40. The topological polar surface area (TPSA) is 72.2 Å². The first-order valence-corrected chi connectivity index (χ1v) is 7.62. The van der Waals surface area contributed by atoms with Crippen LogP contribution in [0.4, 0.5) is 5.69 Å². The second-order valence-corrected chi connectivity index (χ2v) is 7.33. The van der Waals surface area contributed by atoms with Crippen molar-refractivity contribution >= 4 is 15.7 Å². The first kappa shape index (κ1) is 15.0. The molecule has 5 heteroatoms. The lowest BCUT2D eigenvalue weighted by Crippen LogP contribution is -2.23. The van der Waals surface area contributed by atoms with Gasteiger partial charge >= 0.3 is 0 Å². The van der Waals surface area contributed by atoms with Gasteiger partial charge in [-0.15, -0.1) is 0 Å². The first-order chi connectivity index (χ1) is 8.15. The van der Waals surface area contributed by atoms with E-state index in [1.165, 1.54) is 5.56 Å². The molecule has 0 atom stereocenters. The van der Waals surface area contributed by atoms with Crippen LogP contribution in [-0.4, -0.2) is 20.7 Å². The van der Waals surface area contributed by atoms with Crippen molar-refractivity contribution in [1.82, 2.24) is 0 Å². The Bertz CT molecular complexity index is 516. The van der Waals surface area contributed by atoms with Crippen LogP contribution in [0.5, 0.6) is 0 Å². The molecule has 0 bridgehead atoms. The molecule has 1 rings (SSSR count). The molecule has 1 aromatic rings. The zero-order valence-corrected chi connectivity index (χ0v) is 12.3. The summed E-state index contributed by atoms with van der Waals surface area (Å²) in [5.74, 6) is -0.0620. The molecule has 0 spiro atoms. The highest BCUT2D eigenvalue weighted by molar-refractivity contribution is 7.92. The lowest BCUT2D eigenvalue weighted by Gasteiger charge is -2.20. The molecule has 0 aliphatic heterocycles. The van der Waals surface area contributed by atoms with Gasteiger partial charge < -0.3 is 5.73 Å². The predicted octanol–water partition coefficient (Wildman–Crippen LogP) is 1.99. The van der Waals surface area contributed by atoms with Crippen LogP contribution in [0.25, 0.3) is 0 Å². The minimum absolute atomic E-state index is 0.0550. The number of nitrogens with one attached hydrogen (secondary N) is 1. The molecule has 0 radical (unpaired) electrons. The molecule has 3 N–H and O–H groups in total. The average Bonchev–Trinajstić information content (AvgIpc) is 2.19. The minimum atomic E-state index is -3.33. The standard InChI is InChI=1S/C13H22N2O2S/c1-10-9-11(13(2,3)4)5-6-12(10)15-18(16,17)8-7-14/h5-6,9,15H,7-8,14H2,1-4H3. The molecule has 0 heterocycles. The molecule has 0 aromatic heterocycles. The summed E-state index contributed by atoms with van der Waals surface area (Å²) in [6.45, 7) is 8.39. The van der Waals surface area contributed by atoms with E-state index < -0.39 is 10.0 Å².